The summed E-state index contributed by atoms with van der Waals surface area (Å²) in [6.07, 6.45) is -5.14. The van der Waals surface area contributed by atoms with Crippen LogP contribution in [-0.2, 0) is 47.7 Å². The van der Waals surface area contributed by atoms with Gasteiger partial charge in [0.05, 0.1) is 25.7 Å². The number of aliphatic hydroxyl groups excluding tert-OH is 2. The van der Waals surface area contributed by atoms with Crippen molar-refractivity contribution in [2.24, 2.45) is 34.3 Å². The lowest BCUT2D eigenvalue weighted by molar-refractivity contribution is -0.290. The summed E-state index contributed by atoms with van der Waals surface area (Å²) in [6.45, 7) is 7.89. The van der Waals surface area contributed by atoms with Gasteiger partial charge in [-0.1, -0.05) is 12.5 Å². The van der Waals surface area contributed by atoms with Gasteiger partial charge in [-0.05, 0) is 51.0 Å². The van der Waals surface area contributed by atoms with E-state index in [-0.39, 0.29) is 25.2 Å². The van der Waals surface area contributed by atoms with Crippen LogP contribution in [-0.4, -0.2) is 89.6 Å². The fraction of sp³-hybridized carbons (Fsp3) is 0.690. The van der Waals surface area contributed by atoms with Crippen LogP contribution in [0.1, 0.15) is 47.5 Å². The van der Waals surface area contributed by atoms with Gasteiger partial charge in [-0.25, -0.2) is 19.2 Å². The van der Waals surface area contributed by atoms with Gasteiger partial charge in [0, 0.05) is 23.8 Å². The molecule has 3 aliphatic carbocycles. The molecule has 4 fully saturated rings. The standard InChI is InChI=1S/C29H37NO12/c1-11(2)7-17(32)41-20-22-28-10-39-29(22,26(37)38-6)23(34)18(33)21(28)27(5)9-15(31)19(42-24(35)13(4)30)12(3)14(27)8-16(28)40-25(20)36/h7,13-14,16,18,20-23,33-34H,8-10,30H2,1-6H3/t13-,14+,16-,18-,20-,21-,22-,23+,27+,28-,29+/m1/s1. The predicted molar refractivity (Wildman–Crippen MR) is 140 cm³/mol. The van der Waals surface area contributed by atoms with E-state index in [1.165, 1.54) is 13.0 Å². The lowest BCUT2D eigenvalue weighted by atomic mass is 9.38. The van der Waals surface area contributed by atoms with Crippen LogP contribution in [0.5, 0.6) is 0 Å². The normalized spacial score (nSPS) is 42.5. The summed E-state index contributed by atoms with van der Waals surface area (Å²) in [4.78, 5) is 65.6. The molecule has 2 heterocycles. The molecule has 5 aliphatic rings. The van der Waals surface area contributed by atoms with Crippen LogP contribution < -0.4 is 5.73 Å². The highest BCUT2D eigenvalue weighted by Crippen LogP contribution is 2.72. The third-order valence-corrected chi connectivity index (χ3v) is 10.0. The number of allylic oxidation sites excluding steroid dienone is 3. The Balaban J connectivity index is 1.69. The number of nitrogens with two attached hydrogens (primary N) is 1. The number of hydrogen-bond acceptors (Lipinski definition) is 13. The molecule has 13 heteroatoms. The van der Waals surface area contributed by atoms with Crippen molar-refractivity contribution in [3.05, 3.63) is 23.0 Å². The minimum atomic E-state index is -2.26. The van der Waals surface area contributed by atoms with E-state index in [2.05, 4.69) is 0 Å². The zero-order valence-corrected chi connectivity index (χ0v) is 24.4. The van der Waals surface area contributed by atoms with Crippen LogP contribution in [0.4, 0.5) is 0 Å². The van der Waals surface area contributed by atoms with Crippen LogP contribution >= 0.6 is 0 Å². The molecule has 1 spiro atoms. The summed E-state index contributed by atoms with van der Waals surface area (Å²) in [7, 11) is 1.08. The topological polar surface area (TPSA) is 198 Å². The maximum atomic E-state index is 13.6. The number of aliphatic hydroxyl groups is 2. The average molecular weight is 592 g/mol. The molecule has 42 heavy (non-hydrogen) atoms. The molecule has 230 valence electrons. The van der Waals surface area contributed by atoms with Crippen LogP contribution in [0.15, 0.2) is 23.0 Å². The first kappa shape index (κ1) is 30.3. The number of Topliss-reactive ketones (excluding diaryl/α,β-unsaturated/α-hetero) is 1. The molecule has 2 saturated carbocycles. The predicted octanol–water partition coefficient (Wildman–Crippen LogP) is -0.151. The fourth-order valence-electron chi connectivity index (χ4n) is 8.57. The van der Waals surface area contributed by atoms with E-state index >= 15 is 0 Å². The Kier molecular flexibility index (Phi) is 7.20. The maximum absolute atomic E-state index is 13.6. The van der Waals surface area contributed by atoms with E-state index in [1.54, 1.807) is 27.7 Å². The van der Waals surface area contributed by atoms with Crippen molar-refractivity contribution in [2.45, 2.75) is 83.5 Å². The highest BCUT2D eigenvalue weighted by Gasteiger charge is 2.85. The molecule has 2 aliphatic heterocycles. The van der Waals surface area contributed by atoms with Crippen LogP contribution in [0, 0.1) is 28.6 Å². The smallest absolute Gasteiger partial charge is 0.348 e. The van der Waals surface area contributed by atoms with E-state index in [0.29, 0.717) is 11.1 Å². The molecule has 0 aromatic rings. The third-order valence-electron chi connectivity index (χ3n) is 10.0. The number of ether oxygens (including phenoxy) is 5. The van der Waals surface area contributed by atoms with Crippen molar-refractivity contribution in [3.8, 4) is 0 Å². The SMILES string of the molecule is COC(=O)[C@@]12OC[C@]34[C@H]([C@@H](O)[C@@H]1O)[C@@]1(C)CC(=O)C(OC(=O)[C@@H](C)N)=C(C)[C@@H]1C[C@H]3OC(=O)[C@H](OC(=O)C=C(C)C)[C@@H]24. The number of hydrogen-bond donors (Lipinski definition) is 3. The first-order chi connectivity index (χ1) is 19.6. The van der Waals surface area contributed by atoms with Gasteiger partial charge >= 0.3 is 23.9 Å². The van der Waals surface area contributed by atoms with Crippen molar-refractivity contribution >= 4 is 29.7 Å². The summed E-state index contributed by atoms with van der Waals surface area (Å²) >= 11 is 0. The largest absolute Gasteiger partial charge is 0.467 e. The van der Waals surface area contributed by atoms with Gasteiger partial charge in [0.15, 0.2) is 11.5 Å². The molecule has 13 nitrogen and oxygen atoms in total. The number of carbonyl (C=O) groups excluding carboxylic acids is 5. The second-order valence-electron chi connectivity index (χ2n) is 12.7. The molecule has 4 N–H and O–H groups in total. The molecule has 0 aromatic carbocycles. The number of methoxy groups -OCH3 is 1. The van der Waals surface area contributed by atoms with Gasteiger partial charge in [-0.3, -0.25) is 4.79 Å². The summed E-state index contributed by atoms with van der Waals surface area (Å²) in [5.74, 6) is -7.16. The maximum Gasteiger partial charge on any atom is 0.348 e. The Labute approximate surface area is 242 Å². The molecule has 11 atom stereocenters. The van der Waals surface area contributed by atoms with Crippen LogP contribution in [0.25, 0.3) is 0 Å². The van der Waals surface area contributed by atoms with Crippen molar-refractivity contribution < 1.29 is 57.9 Å². The minimum absolute atomic E-state index is 0.117. The van der Waals surface area contributed by atoms with Gasteiger partial charge in [-0.2, -0.15) is 0 Å². The lowest BCUT2D eigenvalue weighted by Crippen LogP contribution is -2.79. The molecular formula is C29H37NO12. The quantitative estimate of drug-likeness (QED) is 0.217. The first-order valence-corrected chi connectivity index (χ1v) is 13.9. The van der Waals surface area contributed by atoms with Gasteiger partial charge in [-0.15, -0.1) is 0 Å². The van der Waals surface area contributed by atoms with Gasteiger partial charge in [0.2, 0.25) is 11.7 Å². The van der Waals surface area contributed by atoms with Gasteiger partial charge in [0.1, 0.15) is 18.2 Å². The zero-order valence-electron chi connectivity index (χ0n) is 24.4. The minimum Gasteiger partial charge on any atom is -0.467 e. The Morgan fingerprint density at radius 2 is 1.83 bits per heavy atom. The van der Waals surface area contributed by atoms with Crippen LogP contribution in [0.2, 0.25) is 0 Å². The molecule has 0 aromatic heterocycles. The number of fused-ring (bicyclic) bond motifs is 2. The number of ketones is 1. The highest BCUT2D eigenvalue weighted by atomic mass is 16.6. The molecule has 5 rings (SSSR count). The average Bonchev–Trinajstić information content (AvgIpc) is 3.21. The number of rotatable bonds is 5. The molecular weight excluding hydrogens is 554 g/mol. The van der Waals surface area contributed by atoms with E-state index in [0.717, 1.165) is 7.11 Å². The number of esters is 4. The first-order valence-electron chi connectivity index (χ1n) is 13.9. The van der Waals surface area contributed by atoms with Crippen molar-refractivity contribution in [1.29, 1.82) is 0 Å². The van der Waals surface area contributed by atoms with Gasteiger partial charge in [0.25, 0.3) is 0 Å². The summed E-state index contributed by atoms with van der Waals surface area (Å²) < 4.78 is 28.1. The highest BCUT2D eigenvalue weighted by molar-refractivity contribution is 5.98. The lowest BCUT2D eigenvalue weighted by Gasteiger charge is -2.67. The molecule has 2 bridgehead atoms. The Bertz CT molecular complexity index is 1320. The van der Waals surface area contributed by atoms with E-state index in [1.807, 2.05) is 0 Å². The van der Waals surface area contributed by atoms with Gasteiger partial charge < -0.3 is 39.6 Å². The zero-order chi connectivity index (χ0) is 31.1. The van der Waals surface area contributed by atoms with Crippen LogP contribution in [0.3, 0.4) is 0 Å². The van der Waals surface area contributed by atoms with Crippen molar-refractivity contribution in [3.63, 3.8) is 0 Å². The monoisotopic (exact) mass is 591 g/mol. The van der Waals surface area contributed by atoms with Crippen molar-refractivity contribution in [1.82, 2.24) is 0 Å². The van der Waals surface area contributed by atoms with Crippen molar-refractivity contribution in [2.75, 3.05) is 13.7 Å². The van der Waals surface area contributed by atoms with E-state index < -0.39 is 94.3 Å². The molecule has 0 unspecified atom stereocenters. The second kappa shape index (κ2) is 9.97. The third kappa shape index (κ3) is 3.86. The Morgan fingerprint density at radius 1 is 1.17 bits per heavy atom. The Morgan fingerprint density at radius 3 is 2.43 bits per heavy atom. The summed E-state index contributed by atoms with van der Waals surface area (Å²) in [6, 6.07) is -0.982. The molecule has 2 saturated heterocycles. The second-order valence-corrected chi connectivity index (χ2v) is 12.7. The summed E-state index contributed by atoms with van der Waals surface area (Å²) in [5.41, 5.74) is 1.94. The summed E-state index contributed by atoms with van der Waals surface area (Å²) in [5, 5.41) is 23.5. The Hall–Kier alpha value is -3.13. The van der Waals surface area contributed by atoms with E-state index in [9.17, 15) is 34.2 Å². The molecule has 0 radical (unpaired) electrons. The van der Waals surface area contributed by atoms with E-state index in [4.69, 9.17) is 29.4 Å². The number of carbonyl (C=O) groups is 5. The fourth-order valence-corrected chi connectivity index (χ4v) is 8.57. The molecule has 0 amide bonds.